The molecule has 3 nitrogen and oxygen atoms in total. The van der Waals surface area contributed by atoms with Gasteiger partial charge in [-0.15, -0.1) is 0 Å². The Kier molecular flexibility index (Phi) is 12.8. The van der Waals surface area contributed by atoms with E-state index in [9.17, 15) is 9.90 Å². The summed E-state index contributed by atoms with van der Waals surface area (Å²) >= 11 is 0. The fourth-order valence-corrected chi connectivity index (χ4v) is 2.28. The lowest BCUT2D eigenvalue weighted by atomic mass is 10.1. The number of unbranched alkanes of at least 4 members (excludes halogenated alkanes) is 11. The van der Waals surface area contributed by atoms with Crippen LogP contribution in [0.1, 0.15) is 97.8 Å². The zero-order chi connectivity index (χ0) is 16.0. The van der Waals surface area contributed by atoms with E-state index in [4.69, 9.17) is 4.74 Å². The smallest absolute Gasteiger partial charge is 0.337 e. The van der Waals surface area contributed by atoms with Crippen molar-refractivity contribution in [2.45, 2.75) is 103 Å². The Morgan fingerprint density at radius 3 is 1.57 bits per heavy atom. The number of carbonyl (C=O) groups is 1. The lowest BCUT2D eigenvalue weighted by molar-refractivity contribution is -0.161. The first-order valence-corrected chi connectivity index (χ1v) is 8.88. The highest BCUT2D eigenvalue weighted by atomic mass is 16.5. The molecule has 0 radical (unpaired) electrons. The summed E-state index contributed by atoms with van der Waals surface area (Å²) in [6.45, 7) is 5.60. The zero-order valence-electron chi connectivity index (χ0n) is 14.5. The molecule has 0 aromatic carbocycles. The van der Waals surface area contributed by atoms with Crippen molar-refractivity contribution in [1.82, 2.24) is 0 Å². The average molecular weight is 300 g/mol. The SMILES string of the molecule is CCCCCCCCCCCCCCOC(=O)C(C)(C)O. The minimum absolute atomic E-state index is 0.431. The molecule has 0 spiro atoms. The number of carbonyl (C=O) groups excluding carboxylic acids is 1. The largest absolute Gasteiger partial charge is 0.464 e. The van der Waals surface area contributed by atoms with Crippen LogP contribution < -0.4 is 0 Å². The van der Waals surface area contributed by atoms with Crippen molar-refractivity contribution < 1.29 is 14.6 Å². The van der Waals surface area contributed by atoms with Gasteiger partial charge in [-0.05, 0) is 20.3 Å². The molecule has 0 aliphatic heterocycles. The number of ether oxygens (including phenoxy) is 1. The summed E-state index contributed by atoms with van der Waals surface area (Å²) < 4.78 is 5.01. The summed E-state index contributed by atoms with van der Waals surface area (Å²) in [7, 11) is 0. The van der Waals surface area contributed by atoms with Crippen LogP contribution in [0, 0.1) is 0 Å². The van der Waals surface area contributed by atoms with Crippen molar-refractivity contribution in [2.24, 2.45) is 0 Å². The Bertz CT molecular complexity index is 243. The summed E-state index contributed by atoms with van der Waals surface area (Å²) in [4.78, 5) is 11.3. The van der Waals surface area contributed by atoms with Crippen LogP contribution in [-0.2, 0) is 9.53 Å². The first-order chi connectivity index (χ1) is 9.98. The van der Waals surface area contributed by atoms with Crippen molar-refractivity contribution in [2.75, 3.05) is 6.61 Å². The van der Waals surface area contributed by atoms with Crippen molar-refractivity contribution in [3.05, 3.63) is 0 Å². The molecule has 3 heteroatoms. The number of hydrogen-bond acceptors (Lipinski definition) is 3. The average Bonchev–Trinajstić information content (AvgIpc) is 2.42. The monoisotopic (exact) mass is 300 g/mol. The normalized spacial score (nSPS) is 11.6. The second kappa shape index (κ2) is 13.1. The Morgan fingerprint density at radius 2 is 1.19 bits per heavy atom. The van der Waals surface area contributed by atoms with Gasteiger partial charge in [0.2, 0.25) is 0 Å². The molecule has 126 valence electrons. The van der Waals surface area contributed by atoms with Gasteiger partial charge in [0.15, 0.2) is 5.60 Å². The third-order valence-electron chi connectivity index (χ3n) is 3.73. The lowest BCUT2D eigenvalue weighted by Crippen LogP contribution is -2.33. The Morgan fingerprint density at radius 1 is 0.810 bits per heavy atom. The molecule has 0 heterocycles. The molecule has 0 saturated carbocycles. The summed E-state index contributed by atoms with van der Waals surface area (Å²) in [5, 5.41) is 9.40. The van der Waals surface area contributed by atoms with Gasteiger partial charge in [-0.25, -0.2) is 4.79 Å². The summed E-state index contributed by atoms with van der Waals surface area (Å²) in [5.74, 6) is -0.523. The minimum Gasteiger partial charge on any atom is -0.464 e. The van der Waals surface area contributed by atoms with Crippen molar-refractivity contribution in [1.29, 1.82) is 0 Å². The molecule has 0 amide bonds. The van der Waals surface area contributed by atoms with Crippen LogP contribution in [0.15, 0.2) is 0 Å². The van der Waals surface area contributed by atoms with Crippen LogP contribution >= 0.6 is 0 Å². The Hall–Kier alpha value is -0.570. The molecule has 0 rings (SSSR count). The van der Waals surface area contributed by atoms with Crippen molar-refractivity contribution in [3.8, 4) is 0 Å². The van der Waals surface area contributed by atoms with E-state index in [0.29, 0.717) is 6.61 Å². The summed E-state index contributed by atoms with van der Waals surface area (Å²) in [6, 6.07) is 0. The van der Waals surface area contributed by atoms with E-state index >= 15 is 0 Å². The molecular weight excluding hydrogens is 264 g/mol. The second-order valence-electron chi connectivity index (χ2n) is 6.58. The highest BCUT2D eigenvalue weighted by Gasteiger charge is 2.25. The molecule has 21 heavy (non-hydrogen) atoms. The molecule has 0 aromatic heterocycles. The maximum absolute atomic E-state index is 11.3. The lowest BCUT2D eigenvalue weighted by Gasteiger charge is -2.15. The molecular formula is C18H36O3. The van der Waals surface area contributed by atoms with Crippen LogP contribution in [0.4, 0.5) is 0 Å². The van der Waals surface area contributed by atoms with Gasteiger partial charge in [-0.3, -0.25) is 0 Å². The molecule has 0 aromatic rings. The standard InChI is InChI=1S/C18H36O3/c1-4-5-6-7-8-9-10-11-12-13-14-15-16-21-17(19)18(2,3)20/h20H,4-16H2,1-3H3. The third-order valence-corrected chi connectivity index (χ3v) is 3.73. The topological polar surface area (TPSA) is 46.5 Å². The predicted octanol–water partition coefficient (Wildman–Crippen LogP) is 5.00. The van der Waals surface area contributed by atoms with E-state index in [2.05, 4.69) is 6.92 Å². The number of aliphatic hydroxyl groups is 1. The molecule has 0 unspecified atom stereocenters. The van der Waals surface area contributed by atoms with Gasteiger partial charge in [0.25, 0.3) is 0 Å². The van der Waals surface area contributed by atoms with E-state index < -0.39 is 11.6 Å². The highest BCUT2D eigenvalue weighted by molar-refractivity contribution is 5.78. The van der Waals surface area contributed by atoms with E-state index in [0.717, 1.165) is 12.8 Å². The Labute approximate surface area is 131 Å². The minimum atomic E-state index is -1.36. The van der Waals surface area contributed by atoms with Crippen LogP contribution in [0.25, 0.3) is 0 Å². The van der Waals surface area contributed by atoms with Gasteiger partial charge in [0, 0.05) is 0 Å². The second-order valence-corrected chi connectivity index (χ2v) is 6.58. The van der Waals surface area contributed by atoms with Gasteiger partial charge in [-0.2, -0.15) is 0 Å². The quantitative estimate of drug-likeness (QED) is 0.362. The fourth-order valence-electron chi connectivity index (χ4n) is 2.28. The van der Waals surface area contributed by atoms with Gasteiger partial charge < -0.3 is 9.84 Å². The number of hydrogen-bond donors (Lipinski definition) is 1. The Balaban J connectivity index is 3.14. The molecule has 0 aliphatic carbocycles. The molecule has 0 saturated heterocycles. The number of rotatable bonds is 14. The van der Waals surface area contributed by atoms with Gasteiger partial charge in [-0.1, -0.05) is 77.6 Å². The van der Waals surface area contributed by atoms with Crippen molar-refractivity contribution in [3.63, 3.8) is 0 Å². The van der Waals surface area contributed by atoms with Crippen LogP contribution in [0.5, 0.6) is 0 Å². The van der Waals surface area contributed by atoms with Gasteiger partial charge >= 0.3 is 5.97 Å². The summed E-state index contributed by atoms with van der Waals surface area (Å²) in [5.41, 5.74) is -1.36. The molecule has 1 N–H and O–H groups in total. The maximum Gasteiger partial charge on any atom is 0.337 e. The van der Waals surface area contributed by atoms with Crippen molar-refractivity contribution >= 4 is 5.97 Å². The van der Waals surface area contributed by atoms with Crippen LogP contribution in [0.2, 0.25) is 0 Å². The van der Waals surface area contributed by atoms with Gasteiger partial charge in [0.1, 0.15) is 0 Å². The third kappa shape index (κ3) is 14.1. The van der Waals surface area contributed by atoms with E-state index in [1.807, 2.05) is 0 Å². The highest BCUT2D eigenvalue weighted by Crippen LogP contribution is 2.12. The summed E-state index contributed by atoms with van der Waals surface area (Å²) in [6.07, 6.45) is 15.5. The molecule has 0 fully saturated rings. The molecule has 0 atom stereocenters. The molecule has 0 aliphatic rings. The van der Waals surface area contributed by atoms with Crippen LogP contribution in [-0.4, -0.2) is 23.3 Å². The maximum atomic E-state index is 11.3. The van der Waals surface area contributed by atoms with E-state index in [-0.39, 0.29) is 0 Å². The fraction of sp³-hybridized carbons (Fsp3) is 0.944. The first kappa shape index (κ1) is 20.4. The van der Waals surface area contributed by atoms with Crippen LogP contribution in [0.3, 0.4) is 0 Å². The number of esters is 1. The predicted molar refractivity (Wildman–Crippen MR) is 88.3 cm³/mol. The van der Waals surface area contributed by atoms with E-state index in [1.165, 1.54) is 78.1 Å². The zero-order valence-corrected chi connectivity index (χ0v) is 14.5. The van der Waals surface area contributed by atoms with Gasteiger partial charge in [0.05, 0.1) is 6.61 Å². The molecule has 0 bridgehead atoms. The van der Waals surface area contributed by atoms with E-state index in [1.54, 1.807) is 0 Å². The first-order valence-electron chi connectivity index (χ1n) is 8.88.